The van der Waals surface area contributed by atoms with Gasteiger partial charge in [0.25, 0.3) is 5.91 Å². The van der Waals surface area contributed by atoms with E-state index in [1.54, 1.807) is 24.3 Å². The van der Waals surface area contributed by atoms with Crippen LogP contribution < -0.4 is 10.6 Å². The fourth-order valence-electron chi connectivity index (χ4n) is 1.79. The van der Waals surface area contributed by atoms with Gasteiger partial charge in [-0.3, -0.25) is 9.59 Å². The summed E-state index contributed by atoms with van der Waals surface area (Å²) in [4.78, 5) is 23.7. The molecule has 0 radical (unpaired) electrons. The van der Waals surface area contributed by atoms with Crippen molar-refractivity contribution in [3.63, 3.8) is 0 Å². The quantitative estimate of drug-likeness (QED) is 0.753. The highest BCUT2D eigenvalue weighted by atomic mass is 79.9. The van der Waals surface area contributed by atoms with Gasteiger partial charge in [-0.25, -0.2) is 0 Å². The first kappa shape index (κ1) is 17.6. The molecular weight excluding hydrogens is 380 g/mol. The van der Waals surface area contributed by atoms with Gasteiger partial charge in [0, 0.05) is 29.4 Å². The van der Waals surface area contributed by atoms with Crippen LogP contribution in [0.3, 0.4) is 0 Å². The number of aromatic nitrogens is 2. The first-order valence-electron chi connectivity index (χ1n) is 7.24. The van der Waals surface area contributed by atoms with E-state index >= 15 is 0 Å². The van der Waals surface area contributed by atoms with Crippen LogP contribution in [-0.4, -0.2) is 28.6 Å². The first-order valence-corrected chi connectivity index (χ1v) is 8.85. The minimum atomic E-state index is -0.202. The summed E-state index contributed by atoms with van der Waals surface area (Å²) in [5, 5.41) is 14.7. The fourth-order valence-corrected chi connectivity index (χ4v) is 2.92. The molecule has 0 aliphatic heterocycles. The molecule has 2 rings (SSSR count). The lowest BCUT2D eigenvalue weighted by molar-refractivity contribution is -0.116. The number of aryl methyl sites for hydroxylation is 1. The number of anilines is 1. The summed E-state index contributed by atoms with van der Waals surface area (Å²) >= 11 is 4.69. The lowest BCUT2D eigenvalue weighted by Gasteiger charge is -2.05. The number of benzene rings is 1. The Morgan fingerprint density at radius 2 is 1.96 bits per heavy atom. The van der Waals surface area contributed by atoms with Gasteiger partial charge in [-0.05, 0) is 30.7 Å². The molecule has 2 aromatic rings. The second-order valence-electron chi connectivity index (χ2n) is 4.81. The van der Waals surface area contributed by atoms with E-state index in [0.29, 0.717) is 10.7 Å². The van der Waals surface area contributed by atoms with Gasteiger partial charge in [-0.2, -0.15) is 0 Å². The molecule has 0 atom stereocenters. The van der Waals surface area contributed by atoms with E-state index < -0.39 is 0 Å². The van der Waals surface area contributed by atoms with Crippen molar-refractivity contribution in [3.05, 3.63) is 39.3 Å². The van der Waals surface area contributed by atoms with Crippen LogP contribution in [0, 0.1) is 0 Å². The summed E-state index contributed by atoms with van der Waals surface area (Å²) in [6.45, 7) is 2.33. The van der Waals surface area contributed by atoms with E-state index in [1.165, 1.54) is 11.3 Å². The zero-order valence-corrected chi connectivity index (χ0v) is 15.0. The molecule has 1 aromatic carbocycles. The minimum Gasteiger partial charge on any atom is -0.352 e. The third-order valence-corrected chi connectivity index (χ3v) is 4.35. The van der Waals surface area contributed by atoms with Crippen molar-refractivity contribution < 1.29 is 9.59 Å². The molecule has 0 aliphatic carbocycles. The summed E-state index contributed by atoms with van der Waals surface area (Å²) in [5.74, 6) is -0.397. The normalized spacial score (nSPS) is 10.3. The molecule has 0 fully saturated rings. The van der Waals surface area contributed by atoms with Gasteiger partial charge >= 0.3 is 0 Å². The average Bonchev–Trinajstić information content (AvgIpc) is 2.95. The van der Waals surface area contributed by atoms with Crippen molar-refractivity contribution in [1.29, 1.82) is 0 Å². The Balaban J connectivity index is 1.73. The van der Waals surface area contributed by atoms with E-state index in [1.807, 2.05) is 0 Å². The van der Waals surface area contributed by atoms with Crippen molar-refractivity contribution in [2.75, 3.05) is 11.9 Å². The number of rotatable bonds is 7. The summed E-state index contributed by atoms with van der Waals surface area (Å²) in [5.41, 5.74) is 0.557. The van der Waals surface area contributed by atoms with Crippen molar-refractivity contribution in [2.45, 2.75) is 26.2 Å². The number of nitrogens with one attached hydrogen (secondary N) is 2. The first-order chi connectivity index (χ1) is 11.1. The average molecular weight is 397 g/mol. The highest BCUT2D eigenvalue weighted by molar-refractivity contribution is 9.10. The molecule has 1 heterocycles. The predicted molar refractivity (Wildman–Crippen MR) is 93.6 cm³/mol. The number of hydrogen-bond donors (Lipinski definition) is 2. The van der Waals surface area contributed by atoms with Crippen LogP contribution in [0.4, 0.5) is 5.13 Å². The standard InChI is InChI=1S/C15H17BrN4O2S/c1-2-3-13-19-20-15(23-13)18-12(21)8-9-17-14(22)10-4-6-11(16)7-5-10/h4-7H,2-3,8-9H2,1H3,(H,17,22)(H,18,20,21). The lowest BCUT2D eigenvalue weighted by atomic mass is 10.2. The van der Waals surface area contributed by atoms with E-state index in [2.05, 4.69) is 43.7 Å². The molecule has 0 saturated heterocycles. The Kier molecular flexibility index (Phi) is 6.66. The van der Waals surface area contributed by atoms with Crippen molar-refractivity contribution in [2.24, 2.45) is 0 Å². The molecule has 0 bridgehead atoms. The number of hydrogen-bond acceptors (Lipinski definition) is 5. The van der Waals surface area contributed by atoms with Crippen LogP contribution in [0.1, 0.15) is 35.1 Å². The Bertz CT molecular complexity index is 672. The summed E-state index contributed by atoms with van der Waals surface area (Å²) < 4.78 is 0.910. The Morgan fingerprint density at radius 1 is 1.22 bits per heavy atom. The number of halogens is 1. The molecule has 1 aromatic heterocycles. The molecule has 2 N–H and O–H groups in total. The van der Waals surface area contributed by atoms with E-state index in [9.17, 15) is 9.59 Å². The van der Waals surface area contributed by atoms with Gasteiger partial charge in [0.1, 0.15) is 5.01 Å². The van der Waals surface area contributed by atoms with Gasteiger partial charge in [0.05, 0.1) is 0 Å². The number of amides is 2. The third-order valence-electron chi connectivity index (χ3n) is 2.92. The molecule has 2 amide bonds. The predicted octanol–water partition coefficient (Wildman–Crippen LogP) is 3.01. The molecule has 122 valence electrons. The fraction of sp³-hybridized carbons (Fsp3) is 0.333. The van der Waals surface area contributed by atoms with Crippen LogP contribution in [0.5, 0.6) is 0 Å². The van der Waals surface area contributed by atoms with Gasteiger partial charge in [-0.1, -0.05) is 34.2 Å². The van der Waals surface area contributed by atoms with Crippen molar-refractivity contribution in [3.8, 4) is 0 Å². The summed E-state index contributed by atoms with van der Waals surface area (Å²) in [6, 6.07) is 7.03. The second kappa shape index (κ2) is 8.73. The maximum atomic E-state index is 11.9. The largest absolute Gasteiger partial charge is 0.352 e. The number of carbonyl (C=O) groups is 2. The van der Waals surface area contributed by atoms with Gasteiger partial charge in [-0.15, -0.1) is 10.2 Å². The number of carbonyl (C=O) groups excluding carboxylic acids is 2. The van der Waals surface area contributed by atoms with E-state index in [4.69, 9.17) is 0 Å². The third kappa shape index (κ3) is 5.72. The maximum Gasteiger partial charge on any atom is 0.251 e. The molecule has 8 heteroatoms. The van der Waals surface area contributed by atoms with Crippen LogP contribution in [0.25, 0.3) is 0 Å². The maximum absolute atomic E-state index is 11.9. The molecule has 0 aliphatic rings. The van der Waals surface area contributed by atoms with Crippen LogP contribution in [0.2, 0.25) is 0 Å². The Labute approximate surface area is 146 Å². The molecule has 0 saturated carbocycles. The molecule has 0 unspecified atom stereocenters. The molecule has 6 nitrogen and oxygen atoms in total. The minimum absolute atomic E-state index is 0.185. The zero-order valence-electron chi connectivity index (χ0n) is 12.6. The van der Waals surface area contributed by atoms with Crippen LogP contribution >= 0.6 is 27.3 Å². The Morgan fingerprint density at radius 3 is 2.65 bits per heavy atom. The SMILES string of the molecule is CCCc1nnc(NC(=O)CCNC(=O)c2ccc(Br)cc2)s1. The smallest absolute Gasteiger partial charge is 0.251 e. The van der Waals surface area contributed by atoms with E-state index in [-0.39, 0.29) is 24.8 Å². The van der Waals surface area contributed by atoms with Gasteiger partial charge < -0.3 is 10.6 Å². The van der Waals surface area contributed by atoms with Crippen LogP contribution in [-0.2, 0) is 11.2 Å². The van der Waals surface area contributed by atoms with Crippen LogP contribution in [0.15, 0.2) is 28.7 Å². The second-order valence-corrected chi connectivity index (χ2v) is 6.79. The van der Waals surface area contributed by atoms with Gasteiger partial charge in [0.2, 0.25) is 11.0 Å². The highest BCUT2D eigenvalue weighted by Crippen LogP contribution is 2.16. The van der Waals surface area contributed by atoms with E-state index in [0.717, 1.165) is 22.3 Å². The van der Waals surface area contributed by atoms with Crippen molar-refractivity contribution in [1.82, 2.24) is 15.5 Å². The summed E-state index contributed by atoms with van der Waals surface area (Å²) in [7, 11) is 0. The molecular formula is C15H17BrN4O2S. The number of nitrogens with zero attached hydrogens (tertiary/aromatic N) is 2. The molecule has 0 spiro atoms. The lowest BCUT2D eigenvalue weighted by Crippen LogP contribution is -2.27. The zero-order chi connectivity index (χ0) is 16.7. The molecule has 23 heavy (non-hydrogen) atoms. The van der Waals surface area contributed by atoms with Crippen molar-refractivity contribution >= 4 is 44.2 Å². The monoisotopic (exact) mass is 396 g/mol. The summed E-state index contributed by atoms with van der Waals surface area (Å²) in [6.07, 6.45) is 2.03. The topological polar surface area (TPSA) is 84.0 Å². The highest BCUT2D eigenvalue weighted by Gasteiger charge is 2.09. The Hall–Kier alpha value is -1.80. The van der Waals surface area contributed by atoms with Gasteiger partial charge in [0.15, 0.2) is 0 Å².